The summed E-state index contributed by atoms with van der Waals surface area (Å²) >= 11 is 0. The van der Waals surface area contributed by atoms with Crippen LogP contribution in [-0.2, 0) is 4.74 Å². The standard InChI is InChI=1S/C12H15NO5/c1-17-11-5-3-2-4-8(11)9-6-12(14)18-7-10(9)13(15)16/h2-5,9-10,12,14H,6-7H2,1H3/t9-,10+,12+/m0/s1. The number of aliphatic hydroxyl groups is 1. The molecule has 0 radical (unpaired) electrons. The number of methoxy groups -OCH3 is 1. The highest BCUT2D eigenvalue weighted by atomic mass is 16.6. The average molecular weight is 253 g/mol. The van der Waals surface area contributed by atoms with Crippen LogP contribution in [0.1, 0.15) is 17.9 Å². The summed E-state index contributed by atoms with van der Waals surface area (Å²) in [4.78, 5) is 10.7. The number of ether oxygens (including phenoxy) is 2. The Bertz CT molecular complexity index is 436. The summed E-state index contributed by atoms with van der Waals surface area (Å²) in [7, 11) is 1.52. The summed E-state index contributed by atoms with van der Waals surface area (Å²) < 4.78 is 10.2. The SMILES string of the molecule is COc1ccccc1[C@@H]1C[C@H](O)OC[C@H]1[N+](=O)[O-]. The van der Waals surface area contributed by atoms with Crippen molar-refractivity contribution in [2.45, 2.75) is 24.7 Å². The fraction of sp³-hybridized carbons (Fsp3) is 0.500. The van der Waals surface area contributed by atoms with Gasteiger partial charge in [-0.3, -0.25) is 10.1 Å². The minimum Gasteiger partial charge on any atom is -0.496 e. The fourth-order valence-electron chi connectivity index (χ4n) is 2.28. The van der Waals surface area contributed by atoms with Crippen LogP contribution in [0.25, 0.3) is 0 Å². The molecular weight excluding hydrogens is 238 g/mol. The Morgan fingerprint density at radius 2 is 2.22 bits per heavy atom. The molecule has 0 saturated carbocycles. The number of benzene rings is 1. The van der Waals surface area contributed by atoms with Crippen LogP contribution >= 0.6 is 0 Å². The Morgan fingerprint density at radius 1 is 1.50 bits per heavy atom. The number of nitro groups is 1. The number of aliphatic hydroxyl groups excluding tert-OH is 1. The van der Waals surface area contributed by atoms with E-state index in [1.54, 1.807) is 24.3 Å². The van der Waals surface area contributed by atoms with Crippen molar-refractivity contribution in [3.8, 4) is 5.75 Å². The Labute approximate surface area is 104 Å². The zero-order valence-electron chi connectivity index (χ0n) is 9.98. The second-order valence-corrected chi connectivity index (χ2v) is 4.22. The highest BCUT2D eigenvalue weighted by molar-refractivity contribution is 5.37. The number of hydrogen-bond acceptors (Lipinski definition) is 5. The molecule has 1 heterocycles. The molecule has 6 heteroatoms. The lowest BCUT2D eigenvalue weighted by Crippen LogP contribution is -2.41. The fourth-order valence-corrected chi connectivity index (χ4v) is 2.28. The van der Waals surface area contributed by atoms with Gasteiger partial charge in [0.15, 0.2) is 6.29 Å². The van der Waals surface area contributed by atoms with Crippen molar-refractivity contribution in [3.63, 3.8) is 0 Å². The summed E-state index contributed by atoms with van der Waals surface area (Å²) in [6, 6.07) is 6.30. The van der Waals surface area contributed by atoms with E-state index in [0.29, 0.717) is 5.75 Å². The minimum atomic E-state index is -0.962. The number of nitrogens with zero attached hydrogens (tertiary/aromatic N) is 1. The number of rotatable bonds is 3. The van der Waals surface area contributed by atoms with Gasteiger partial charge in [0.1, 0.15) is 12.4 Å². The maximum atomic E-state index is 11.0. The van der Waals surface area contributed by atoms with Gasteiger partial charge < -0.3 is 14.6 Å². The first-order valence-corrected chi connectivity index (χ1v) is 5.69. The summed E-state index contributed by atoms with van der Waals surface area (Å²) in [6.07, 6.45) is -0.762. The van der Waals surface area contributed by atoms with Gasteiger partial charge in [-0.15, -0.1) is 0 Å². The van der Waals surface area contributed by atoms with Gasteiger partial charge in [0.2, 0.25) is 6.04 Å². The van der Waals surface area contributed by atoms with Gasteiger partial charge in [-0.05, 0) is 6.07 Å². The molecule has 1 aliphatic heterocycles. The zero-order valence-corrected chi connectivity index (χ0v) is 9.98. The Morgan fingerprint density at radius 3 is 2.89 bits per heavy atom. The molecule has 0 spiro atoms. The van der Waals surface area contributed by atoms with Crippen LogP contribution in [-0.4, -0.2) is 36.1 Å². The predicted octanol–water partition coefficient (Wildman–Crippen LogP) is 1.16. The third kappa shape index (κ3) is 2.44. The van der Waals surface area contributed by atoms with Crippen LogP contribution in [0.4, 0.5) is 0 Å². The van der Waals surface area contributed by atoms with Gasteiger partial charge in [0, 0.05) is 16.9 Å². The molecule has 1 saturated heterocycles. The molecule has 18 heavy (non-hydrogen) atoms. The first kappa shape index (κ1) is 12.8. The van der Waals surface area contributed by atoms with Crippen molar-refractivity contribution in [3.05, 3.63) is 39.9 Å². The normalized spacial score (nSPS) is 27.8. The van der Waals surface area contributed by atoms with Crippen LogP contribution in [0.5, 0.6) is 5.75 Å². The molecule has 2 rings (SSSR count). The van der Waals surface area contributed by atoms with Gasteiger partial charge in [-0.2, -0.15) is 0 Å². The van der Waals surface area contributed by atoms with Gasteiger partial charge in [0.05, 0.1) is 13.0 Å². The number of hydrogen-bond donors (Lipinski definition) is 1. The molecule has 0 aromatic heterocycles. The third-order valence-corrected chi connectivity index (χ3v) is 3.19. The van der Waals surface area contributed by atoms with Gasteiger partial charge in [-0.1, -0.05) is 18.2 Å². The lowest BCUT2D eigenvalue weighted by Gasteiger charge is -2.29. The summed E-state index contributed by atoms with van der Waals surface area (Å²) in [5.41, 5.74) is 0.740. The van der Waals surface area contributed by atoms with Crippen LogP contribution in [0, 0.1) is 10.1 Å². The van der Waals surface area contributed by atoms with E-state index in [2.05, 4.69) is 0 Å². The highest BCUT2D eigenvalue weighted by Gasteiger charge is 2.40. The van der Waals surface area contributed by atoms with Crippen molar-refractivity contribution in [2.75, 3.05) is 13.7 Å². The van der Waals surface area contributed by atoms with Crippen molar-refractivity contribution in [1.82, 2.24) is 0 Å². The van der Waals surface area contributed by atoms with Gasteiger partial charge >= 0.3 is 0 Å². The van der Waals surface area contributed by atoms with Crippen LogP contribution in [0.3, 0.4) is 0 Å². The van der Waals surface area contributed by atoms with E-state index < -0.39 is 18.2 Å². The smallest absolute Gasteiger partial charge is 0.243 e. The topological polar surface area (TPSA) is 81.8 Å². The second-order valence-electron chi connectivity index (χ2n) is 4.22. The van der Waals surface area contributed by atoms with E-state index in [1.165, 1.54) is 7.11 Å². The molecule has 1 aliphatic rings. The molecule has 0 bridgehead atoms. The maximum Gasteiger partial charge on any atom is 0.243 e. The van der Waals surface area contributed by atoms with E-state index in [4.69, 9.17) is 9.47 Å². The molecular formula is C12H15NO5. The third-order valence-electron chi connectivity index (χ3n) is 3.19. The largest absolute Gasteiger partial charge is 0.496 e. The van der Waals surface area contributed by atoms with Crippen LogP contribution < -0.4 is 4.74 Å². The van der Waals surface area contributed by atoms with E-state index in [-0.39, 0.29) is 18.0 Å². The maximum absolute atomic E-state index is 11.0. The van der Waals surface area contributed by atoms with Crippen molar-refractivity contribution < 1.29 is 19.5 Å². The van der Waals surface area contributed by atoms with E-state index in [0.717, 1.165) is 5.56 Å². The monoisotopic (exact) mass is 253 g/mol. The molecule has 1 N–H and O–H groups in total. The molecule has 6 nitrogen and oxygen atoms in total. The second kappa shape index (κ2) is 5.32. The first-order valence-electron chi connectivity index (χ1n) is 5.69. The zero-order chi connectivity index (χ0) is 13.1. The minimum absolute atomic E-state index is 0.0864. The van der Waals surface area contributed by atoms with Crippen LogP contribution in [0.2, 0.25) is 0 Å². The van der Waals surface area contributed by atoms with Crippen molar-refractivity contribution >= 4 is 0 Å². The Balaban J connectivity index is 2.34. The molecule has 1 aromatic carbocycles. The average Bonchev–Trinajstić information content (AvgIpc) is 2.38. The predicted molar refractivity (Wildman–Crippen MR) is 63.1 cm³/mol. The quantitative estimate of drug-likeness (QED) is 0.645. The molecule has 0 unspecified atom stereocenters. The summed E-state index contributed by atoms with van der Waals surface area (Å²) in [6.45, 7) is -0.0864. The lowest BCUT2D eigenvalue weighted by molar-refractivity contribution is -0.538. The lowest BCUT2D eigenvalue weighted by atomic mass is 9.86. The van der Waals surface area contributed by atoms with E-state index in [9.17, 15) is 15.2 Å². The molecule has 0 aliphatic carbocycles. The summed E-state index contributed by atoms with van der Waals surface area (Å²) in [5, 5.41) is 20.6. The molecule has 98 valence electrons. The molecule has 1 aromatic rings. The Kier molecular flexibility index (Phi) is 3.78. The Hall–Kier alpha value is -1.66. The van der Waals surface area contributed by atoms with Gasteiger partial charge in [0.25, 0.3) is 0 Å². The van der Waals surface area contributed by atoms with Crippen LogP contribution in [0.15, 0.2) is 24.3 Å². The van der Waals surface area contributed by atoms with Crippen molar-refractivity contribution in [1.29, 1.82) is 0 Å². The molecule has 3 atom stereocenters. The van der Waals surface area contributed by atoms with Crippen molar-refractivity contribution in [2.24, 2.45) is 0 Å². The molecule has 1 fully saturated rings. The van der Waals surface area contributed by atoms with E-state index >= 15 is 0 Å². The van der Waals surface area contributed by atoms with Gasteiger partial charge in [-0.25, -0.2) is 0 Å². The first-order chi connectivity index (χ1) is 8.63. The highest BCUT2D eigenvalue weighted by Crippen LogP contribution is 2.36. The summed E-state index contributed by atoms with van der Waals surface area (Å²) in [5.74, 6) is 0.198. The molecule has 0 amide bonds. The van der Waals surface area contributed by atoms with E-state index in [1.807, 2.05) is 0 Å². The number of para-hydroxylation sites is 1.